The number of ether oxygens (including phenoxy) is 3. The maximum Gasteiger partial charge on any atom is 0.329 e. The number of nitrogens with zero attached hydrogens (tertiary/aromatic N) is 1. The third-order valence-corrected chi connectivity index (χ3v) is 5.40. The summed E-state index contributed by atoms with van der Waals surface area (Å²) in [6.45, 7) is 0.0556. The van der Waals surface area contributed by atoms with E-state index in [1.54, 1.807) is 54.6 Å². The average molecular weight is 553 g/mol. The average Bonchev–Trinajstić information content (AvgIpc) is 3.36. The predicted octanol–water partition coefficient (Wildman–Crippen LogP) is 2.96. The van der Waals surface area contributed by atoms with Crippen LogP contribution in [0.15, 0.2) is 76.3 Å². The molecule has 0 aliphatic carbocycles. The van der Waals surface area contributed by atoms with E-state index in [0.717, 1.165) is 10.0 Å². The van der Waals surface area contributed by atoms with E-state index in [0.29, 0.717) is 28.5 Å². The molecule has 0 atom stereocenters. The van der Waals surface area contributed by atoms with Crippen molar-refractivity contribution in [3.05, 3.63) is 82.3 Å². The molecule has 10 nitrogen and oxygen atoms in total. The van der Waals surface area contributed by atoms with Gasteiger partial charge in [0.25, 0.3) is 5.91 Å². The molecular formula is C25H21BrN4O6. The minimum absolute atomic E-state index is 0.131. The van der Waals surface area contributed by atoms with Crippen LogP contribution in [0.5, 0.6) is 17.2 Å². The van der Waals surface area contributed by atoms with Crippen molar-refractivity contribution in [1.82, 2.24) is 10.7 Å². The van der Waals surface area contributed by atoms with Gasteiger partial charge in [0, 0.05) is 22.3 Å². The van der Waals surface area contributed by atoms with Crippen LogP contribution in [0.1, 0.15) is 11.1 Å². The Morgan fingerprint density at radius 1 is 0.972 bits per heavy atom. The van der Waals surface area contributed by atoms with Crippen LogP contribution in [-0.4, -0.2) is 37.3 Å². The van der Waals surface area contributed by atoms with Gasteiger partial charge in [-0.1, -0.05) is 34.1 Å². The van der Waals surface area contributed by atoms with Crippen molar-refractivity contribution in [2.24, 2.45) is 5.10 Å². The lowest BCUT2D eigenvalue weighted by molar-refractivity contribution is -0.139. The number of benzene rings is 3. The normalized spacial score (nSPS) is 11.7. The van der Waals surface area contributed by atoms with Gasteiger partial charge in [-0.05, 0) is 54.1 Å². The molecular weight excluding hydrogens is 532 g/mol. The lowest BCUT2D eigenvalue weighted by Gasteiger charge is -2.09. The van der Waals surface area contributed by atoms with Crippen LogP contribution in [0, 0.1) is 0 Å². The number of amides is 3. The fourth-order valence-corrected chi connectivity index (χ4v) is 3.38. The number of nitrogens with one attached hydrogen (secondary N) is 3. The van der Waals surface area contributed by atoms with Gasteiger partial charge < -0.3 is 24.8 Å². The number of para-hydroxylation sites is 1. The predicted molar refractivity (Wildman–Crippen MR) is 135 cm³/mol. The summed E-state index contributed by atoms with van der Waals surface area (Å²) in [6, 6.07) is 19.2. The number of carbonyl (C=O) groups excluding carboxylic acids is 3. The Morgan fingerprint density at radius 3 is 2.58 bits per heavy atom. The van der Waals surface area contributed by atoms with Crippen LogP contribution < -0.4 is 30.3 Å². The Bertz CT molecular complexity index is 1300. The zero-order valence-corrected chi connectivity index (χ0v) is 20.4. The zero-order valence-electron chi connectivity index (χ0n) is 18.8. The first kappa shape index (κ1) is 24.7. The molecule has 0 unspecified atom stereocenters. The Morgan fingerprint density at radius 2 is 1.75 bits per heavy atom. The number of hydrogen-bond acceptors (Lipinski definition) is 7. The second kappa shape index (κ2) is 11.8. The third-order valence-electron chi connectivity index (χ3n) is 4.87. The lowest BCUT2D eigenvalue weighted by atomic mass is 10.2. The highest BCUT2D eigenvalue weighted by molar-refractivity contribution is 9.10. The molecule has 0 fully saturated rings. The Labute approximate surface area is 214 Å². The molecule has 1 aliphatic heterocycles. The smallest absolute Gasteiger partial charge is 0.329 e. The topological polar surface area (TPSA) is 127 Å². The largest absolute Gasteiger partial charge is 0.483 e. The molecule has 0 saturated carbocycles. The van der Waals surface area contributed by atoms with Crippen LogP contribution in [0.2, 0.25) is 0 Å². The molecule has 11 heteroatoms. The second-order valence-electron chi connectivity index (χ2n) is 7.45. The van der Waals surface area contributed by atoms with Gasteiger partial charge in [-0.15, -0.1) is 0 Å². The number of hydrogen-bond donors (Lipinski definition) is 3. The number of fused-ring (bicyclic) bond motifs is 1. The van der Waals surface area contributed by atoms with Crippen molar-refractivity contribution in [2.75, 3.05) is 18.7 Å². The number of hydrazone groups is 1. The molecule has 3 aromatic carbocycles. The van der Waals surface area contributed by atoms with Crippen LogP contribution in [0.3, 0.4) is 0 Å². The summed E-state index contributed by atoms with van der Waals surface area (Å²) in [5.41, 5.74) is 4.07. The molecule has 0 saturated heterocycles. The highest BCUT2D eigenvalue weighted by atomic mass is 79.9. The highest BCUT2D eigenvalue weighted by Gasteiger charge is 2.15. The first-order valence-corrected chi connectivity index (χ1v) is 11.5. The number of anilines is 1. The monoisotopic (exact) mass is 552 g/mol. The molecule has 3 aromatic rings. The SMILES string of the molecule is O=C(COc1ccccc1/C=N\NC(=O)C(=O)NCc1ccc2c(c1)OCO2)Nc1ccc(Br)cc1. The van der Waals surface area contributed by atoms with Gasteiger partial charge in [0.15, 0.2) is 18.1 Å². The van der Waals surface area contributed by atoms with E-state index >= 15 is 0 Å². The summed E-state index contributed by atoms with van der Waals surface area (Å²) in [4.78, 5) is 36.3. The molecule has 0 spiro atoms. The van der Waals surface area contributed by atoms with Crippen molar-refractivity contribution in [3.8, 4) is 17.2 Å². The standard InChI is InChI=1S/C25H21BrN4O6/c26-18-6-8-19(9-7-18)29-23(31)14-34-20-4-2-1-3-17(20)13-28-30-25(33)24(32)27-12-16-5-10-21-22(11-16)36-15-35-21/h1-11,13H,12,14-15H2,(H,27,32)(H,29,31)(H,30,33)/b28-13-. The first-order valence-electron chi connectivity index (χ1n) is 10.7. The lowest BCUT2D eigenvalue weighted by Crippen LogP contribution is -2.37. The van der Waals surface area contributed by atoms with Gasteiger partial charge in [-0.2, -0.15) is 5.10 Å². The van der Waals surface area contributed by atoms with Gasteiger partial charge in [-0.3, -0.25) is 14.4 Å². The van der Waals surface area contributed by atoms with Crippen molar-refractivity contribution in [2.45, 2.75) is 6.54 Å². The van der Waals surface area contributed by atoms with E-state index < -0.39 is 11.8 Å². The summed E-state index contributed by atoms with van der Waals surface area (Å²) in [7, 11) is 0. The third kappa shape index (κ3) is 6.83. The molecule has 0 bridgehead atoms. The van der Waals surface area contributed by atoms with E-state index in [4.69, 9.17) is 14.2 Å². The molecule has 0 radical (unpaired) electrons. The fraction of sp³-hybridized carbons (Fsp3) is 0.120. The molecule has 3 amide bonds. The molecule has 184 valence electrons. The van der Waals surface area contributed by atoms with Crippen LogP contribution in [0.25, 0.3) is 0 Å². The van der Waals surface area contributed by atoms with E-state index in [9.17, 15) is 14.4 Å². The maximum atomic E-state index is 12.2. The first-order chi connectivity index (χ1) is 17.5. The fourth-order valence-electron chi connectivity index (χ4n) is 3.12. The van der Waals surface area contributed by atoms with Crippen LogP contribution in [-0.2, 0) is 20.9 Å². The highest BCUT2D eigenvalue weighted by Crippen LogP contribution is 2.32. The van der Waals surface area contributed by atoms with Gasteiger partial charge in [-0.25, -0.2) is 5.43 Å². The summed E-state index contributed by atoms with van der Waals surface area (Å²) in [5, 5.41) is 9.07. The summed E-state index contributed by atoms with van der Waals surface area (Å²) < 4.78 is 17.0. The summed E-state index contributed by atoms with van der Waals surface area (Å²) >= 11 is 3.34. The molecule has 1 aliphatic rings. The molecule has 1 heterocycles. The van der Waals surface area contributed by atoms with Gasteiger partial charge in [0.2, 0.25) is 6.79 Å². The molecule has 3 N–H and O–H groups in total. The second-order valence-corrected chi connectivity index (χ2v) is 8.37. The Balaban J connectivity index is 1.25. The van der Waals surface area contributed by atoms with E-state index in [1.807, 2.05) is 12.1 Å². The van der Waals surface area contributed by atoms with E-state index in [-0.39, 0.29) is 25.9 Å². The molecule has 0 aromatic heterocycles. The summed E-state index contributed by atoms with van der Waals surface area (Å²) in [5.74, 6) is -0.516. The van der Waals surface area contributed by atoms with Gasteiger partial charge >= 0.3 is 11.8 Å². The van der Waals surface area contributed by atoms with Crippen molar-refractivity contribution >= 4 is 45.6 Å². The van der Waals surface area contributed by atoms with Gasteiger partial charge in [0.1, 0.15) is 5.75 Å². The Hall–Kier alpha value is -4.38. The molecule has 4 rings (SSSR count). The van der Waals surface area contributed by atoms with Crippen LogP contribution in [0.4, 0.5) is 5.69 Å². The van der Waals surface area contributed by atoms with Crippen LogP contribution >= 0.6 is 15.9 Å². The minimum Gasteiger partial charge on any atom is -0.483 e. The van der Waals surface area contributed by atoms with E-state index in [2.05, 4.69) is 37.1 Å². The molecule has 36 heavy (non-hydrogen) atoms. The van der Waals surface area contributed by atoms with E-state index in [1.165, 1.54) is 6.21 Å². The number of carbonyl (C=O) groups is 3. The summed E-state index contributed by atoms with van der Waals surface area (Å²) in [6.07, 6.45) is 1.32. The van der Waals surface area contributed by atoms with Crippen molar-refractivity contribution in [3.63, 3.8) is 0 Å². The maximum absolute atomic E-state index is 12.2. The number of rotatable bonds is 8. The number of halogens is 1. The Kier molecular flexibility index (Phi) is 8.14. The van der Waals surface area contributed by atoms with Crippen molar-refractivity contribution < 1.29 is 28.6 Å². The quantitative estimate of drug-likeness (QED) is 0.224. The zero-order chi connectivity index (χ0) is 25.3. The van der Waals surface area contributed by atoms with Gasteiger partial charge in [0.05, 0.1) is 6.21 Å². The minimum atomic E-state index is -0.931. The van der Waals surface area contributed by atoms with Crippen molar-refractivity contribution in [1.29, 1.82) is 0 Å².